The molecule has 5 nitrogen and oxygen atoms in total. The second-order valence-corrected chi connectivity index (χ2v) is 5.56. The van der Waals surface area contributed by atoms with Crippen molar-refractivity contribution in [1.29, 1.82) is 0 Å². The molecule has 0 spiro atoms. The Hall–Kier alpha value is -0.980. The van der Waals surface area contributed by atoms with E-state index >= 15 is 0 Å². The van der Waals surface area contributed by atoms with Crippen LogP contribution >= 0.6 is 11.3 Å². The van der Waals surface area contributed by atoms with Gasteiger partial charge in [0.25, 0.3) is 0 Å². The fourth-order valence-corrected chi connectivity index (χ4v) is 3.02. The molecular formula is C11H17N3O2S. The molecule has 0 saturated carbocycles. The summed E-state index contributed by atoms with van der Waals surface area (Å²) in [5, 5.41) is 14.2. The molecule has 94 valence electrons. The molecule has 1 aliphatic rings. The van der Waals surface area contributed by atoms with Gasteiger partial charge in [-0.15, -0.1) is 0 Å². The number of rotatable bonds is 4. The summed E-state index contributed by atoms with van der Waals surface area (Å²) in [5.41, 5.74) is 0. The van der Waals surface area contributed by atoms with Gasteiger partial charge in [-0.2, -0.15) is 0 Å². The third kappa shape index (κ3) is 3.24. The van der Waals surface area contributed by atoms with Gasteiger partial charge >= 0.3 is 5.00 Å². The molecule has 2 rings (SSSR count). The second-order valence-electron chi connectivity index (χ2n) is 4.41. The molecule has 0 bridgehead atoms. The maximum atomic E-state index is 10.6. The minimum atomic E-state index is -0.323. The van der Waals surface area contributed by atoms with Crippen molar-refractivity contribution in [2.24, 2.45) is 0 Å². The Kier molecular flexibility index (Phi) is 4.09. The highest BCUT2D eigenvalue weighted by Gasteiger charge is 2.19. The van der Waals surface area contributed by atoms with Gasteiger partial charge in [0.2, 0.25) is 0 Å². The molecule has 1 N–H and O–H groups in total. The number of hydrogen-bond donors (Lipinski definition) is 1. The van der Waals surface area contributed by atoms with E-state index in [1.54, 1.807) is 6.07 Å². The summed E-state index contributed by atoms with van der Waals surface area (Å²) in [5.74, 6) is 0. The quantitative estimate of drug-likeness (QED) is 0.659. The van der Waals surface area contributed by atoms with Crippen LogP contribution in [0.2, 0.25) is 0 Å². The lowest BCUT2D eigenvalue weighted by molar-refractivity contribution is -0.380. The zero-order chi connectivity index (χ0) is 12.3. The standard InChI is InChI=1S/C11H17N3O2S/c1-13(9-3-2-6-12-7-9)8-10-4-5-11(17-10)14(15)16/h4-5,9,12H,2-3,6-8H2,1H3. The zero-order valence-electron chi connectivity index (χ0n) is 9.89. The summed E-state index contributed by atoms with van der Waals surface area (Å²) < 4.78 is 0. The van der Waals surface area contributed by atoms with Gasteiger partial charge in [-0.3, -0.25) is 15.0 Å². The van der Waals surface area contributed by atoms with Crippen LogP contribution in [0.4, 0.5) is 5.00 Å². The minimum absolute atomic E-state index is 0.232. The van der Waals surface area contributed by atoms with Crippen molar-refractivity contribution in [2.45, 2.75) is 25.4 Å². The average molecular weight is 255 g/mol. The summed E-state index contributed by atoms with van der Waals surface area (Å²) in [6.07, 6.45) is 2.41. The Morgan fingerprint density at radius 2 is 2.47 bits per heavy atom. The molecule has 0 radical (unpaired) electrons. The van der Waals surface area contributed by atoms with E-state index in [0.29, 0.717) is 6.04 Å². The molecule has 1 fully saturated rings. The van der Waals surface area contributed by atoms with Crippen LogP contribution in [-0.2, 0) is 6.54 Å². The van der Waals surface area contributed by atoms with E-state index in [9.17, 15) is 10.1 Å². The largest absolute Gasteiger partial charge is 0.324 e. The highest BCUT2D eigenvalue weighted by atomic mass is 32.1. The lowest BCUT2D eigenvalue weighted by Crippen LogP contribution is -2.43. The van der Waals surface area contributed by atoms with E-state index < -0.39 is 0 Å². The van der Waals surface area contributed by atoms with Crippen molar-refractivity contribution in [3.8, 4) is 0 Å². The minimum Gasteiger partial charge on any atom is -0.315 e. The van der Waals surface area contributed by atoms with Crippen molar-refractivity contribution in [1.82, 2.24) is 10.2 Å². The molecule has 0 aromatic carbocycles. The highest BCUT2D eigenvalue weighted by Crippen LogP contribution is 2.25. The Balaban J connectivity index is 1.92. The predicted octanol–water partition coefficient (Wildman–Crippen LogP) is 1.84. The van der Waals surface area contributed by atoms with E-state index in [2.05, 4.69) is 17.3 Å². The van der Waals surface area contributed by atoms with Crippen molar-refractivity contribution < 1.29 is 4.92 Å². The first-order chi connectivity index (χ1) is 8.16. The van der Waals surface area contributed by atoms with E-state index in [1.807, 2.05) is 6.07 Å². The van der Waals surface area contributed by atoms with Gasteiger partial charge in [-0.25, -0.2) is 0 Å². The molecule has 1 aliphatic heterocycles. The summed E-state index contributed by atoms with van der Waals surface area (Å²) in [6, 6.07) is 3.99. The average Bonchev–Trinajstić information content (AvgIpc) is 2.79. The van der Waals surface area contributed by atoms with Gasteiger partial charge < -0.3 is 5.32 Å². The van der Waals surface area contributed by atoms with E-state index in [4.69, 9.17) is 0 Å². The molecule has 1 aromatic heterocycles. The SMILES string of the molecule is CN(Cc1ccc([N+](=O)[O-])s1)C1CCCNC1. The number of nitro groups is 1. The summed E-state index contributed by atoms with van der Waals surface area (Å²) in [7, 11) is 2.09. The summed E-state index contributed by atoms with van der Waals surface area (Å²) >= 11 is 1.27. The third-order valence-electron chi connectivity index (χ3n) is 3.13. The first-order valence-electron chi connectivity index (χ1n) is 5.81. The number of hydrogen-bond acceptors (Lipinski definition) is 5. The fraction of sp³-hybridized carbons (Fsp3) is 0.636. The zero-order valence-corrected chi connectivity index (χ0v) is 10.7. The monoisotopic (exact) mass is 255 g/mol. The summed E-state index contributed by atoms with van der Waals surface area (Å²) in [6.45, 7) is 2.92. The molecule has 1 aromatic rings. The Morgan fingerprint density at radius 3 is 3.06 bits per heavy atom. The normalized spacial score (nSPS) is 20.7. The van der Waals surface area contributed by atoms with Crippen molar-refractivity contribution >= 4 is 16.3 Å². The topological polar surface area (TPSA) is 58.4 Å². The predicted molar refractivity (Wildman–Crippen MR) is 68.3 cm³/mol. The lowest BCUT2D eigenvalue weighted by Gasteiger charge is -2.31. The molecule has 0 amide bonds. The van der Waals surface area contributed by atoms with Crippen LogP contribution in [-0.4, -0.2) is 36.0 Å². The molecule has 1 unspecified atom stereocenters. The van der Waals surface area contributed by atoms with Gasteiger partial charge in [0.15, 0.2) is 0 Å². The van der Waals surface area contributed by atoms with Gasteiger partial charge in [-0.05, 0) is 32.5 Å². The Labute approximate surface area is 105 Å². The van der Waals surface area contributed by atoms with Gasteiger partial charge in [0.1, 0.15) is 0 Å². The van der Waals surface area contributed by atoms with Crippen LogP contribution < -0.4 is 5.32 Å². The number of likely N-dealkylation sites (N-methyl/N-ethyl adjacent to an activating group) is 1. The van der Waals surface area contributed by atoms with Crippen LogP contribution in [0.5, 0.6) is 0 Å². The number of nitrogens with one attached hydrogen (secondary N) is 1. The molecule has 1 saturated heterocycles. The number of nitrogens with zero attached hydrogens (tertiary/aromatic N) is 2. The van der Waals surface area contributed by atoms with E-state index in [0.717, 1.165) is 24.5 Å². The molecule has 0 aliphatic carbocycles. The first kappa shape index (κ1) is 12.5. The molecular weight excluding hydrogens is 238 g/mol. The fourth-order valence-electron chi connectivity index (χ4n) is 2.13. The smallest absolute Gasteiger partial charge is 0.315 e. The van der Waals surface area contributed by atoms with Crippen LogP contribution in [0.15, 0.2) is 12.1 Å². The number of thiophene rings is 1. The Morgan fingerprint density at radius 1 is 1.65 bits per heavy atom. The Bertz CT molecular complexity index is 388. The molecule has 1 atom stereocenters. The first-order valence-corrected chi connectivity index (χ1v) is 6.62. The summed E-state index contributed by atoms with van der Waals surface area (Å²) in [4.78, 5) is 13.6. The lowest BCUT2D eigenvalue weighted by atomic mass is 10.1. The maximum absolute atomic E-state index is 10.6. The van der Waals surface area contributed by atoms with Gasteiger partial charge in [0, 0.05) is 30.1 Å². The number of piperidine rings is 1. The van der Waals surface area contributed by atoms with Crippen LogP contribution in [0.1, 0.15) is 17.7 Å². The van der Waals surface area contributed by atoms with E-state index in [1.165, 1.54) is 24.2 Å². The molecule has 2 heterocycles. The van der Waals surface area contributed by atoms with E-state index in [-0.39, 0.29) is 9.92 Å². The third-order valence-corrected chi connectivity index (χ3v) is 4.15. The molecule has 6 heteroatoms. The van der Waals surface area contributed by atoms with Crippen LogP contribution in [0.3, 0.4) is 0 Å². The second kappa shape index (κ2) is 5.57. The van der Waals surface area contributed by atoms with Crippen LogP contribution in [0.25, 0.3) is 0 Å². The van der Waals surface area contributed by atoms with Gasteiger partial charge in [-0.1, -0.05) is 11.3 Å². The highest BCUT2D eigenvalue weighted by molar-refractivity contribution is 7.15. The van der Waals surface area contributed by atoms with Crippen molar-refractivity contribution in [3.63, 3.8) is 0 Å². The molecule has 17 heavy (non-hydrogen) atoms. The van der Waals surface area contributed by atoms with Crippen LogP contribution in [0, 0.1) is 10.1 Å². The van der Waals surface area contributed by atoms with Crippen molar-refractivity contribution in [2.75, 3.05) is 20.1 Å². The van der Waals surface area contributed by atoms with Gasteiger partial charge in [0.05, 0.1) is 4.92 Å². The van der Waals surface area contributed by atoms with Crippen molar-refractivity contribution in [3.05, 3.63) is 27.1 Å². The maximum Gasteiger partial charge on any atom is 0.324 e.